The second-order valence-electron chi connectivity index (χ2n) is 6.30. The van der Waals surface area contributed by atoms with Crippen LogP contribution in [0.15, 0.2) is 6.07 Å². The molecule has 2 aromatic heterocycles. The Morgan fingerprint density at radius 1 is 1.39 bits per heavy atom. The van der Waals surface area contributed by atoms with Gasteiger partial charge in [0.15, 0.2) is 5.65 Å². The molecule has 0 aromatic carbocycles. The Hall–Kier alpha value is -1.95. The maximum absolute atomic E-state index is 12.5. The van der Waals surface area contributed by atoms with E-state index in [2.05, 4.69) is 29.2 Å². The fourth-order valence-corrected chi connectivity index (χ4v) is 2.54. The van der Waals surface area contributed by atoms with Gasteiger partial charge in [-0.25, -0.2) is 4.98 Å². The lowest BCUT2D eigenvalue weighted by Gasteiger charge is -2.09. The lowest BCUT2D eigenvalue weighted by molar-refractivity contribution is 0.0926. The smallest absolute Gasteiger partial charge is 0.252 e. The van der Waals surface area contributed by atoms with Crippen LogP contribution in [0.2, 0.25) is 0 Å². The van der Waals surface area contributed by atoms with Crippen molar-refractivity contribution in [3.63, 3.8) is 0 Å². The molecule has 0 fully saturated rings. The molecular weight excluding hydrogens is 292 g/mol. The number of fused-ring (bicyclic) bond motifs is 1. The minimum atomic E-state index is -0.0829. The molecule has 0 aliphatic rings. The molecule has 126 valence electrons. The van der Waals surface area contributed by atoms with E-state index < -0.39 is 0 Å². The molecule has 0 bridgehead atoms. The van der Waals surface area contributed by atoms with Gasteiger partial charge in [0.2, 0.25) is 0 Å². The normalized spacial score (nSPS) is 11.4. The maximum atomic E-state index is 12.5. The monoisotopic (exact) mass is 318 g/mol. The summed E-state index contributed by atoms with van der Waals surface area (Å²) in [6.45, 7) is 10.0. The number of ether oxygens (including phenoxy) is 1. The zero-order valence-electron chi connectivity index (χ0n) is 14.6. The summed E-state index contributed by atoms with van der Waals surface area (Å²) in [5.41, 5.74) is 3.01. The van der Waals surface area contributed by atoms with Crippen molar-refractivity contribution in [3.05, 3.63) is 23.0 Å². The third kappa shape index (κ3) is 4.28. The Morgan fingerprint density at radius 2 is 2.13 bits per heavy atom. The Kier molecular flexibility index (Phi) is 5.71. The quantitative estimate of drug-likeness (QED) is 0.796. The van der Waals surface area contributed by atoms with Gasteiger partial charge in [-0.2, -0.15) is 5.10 Å². The number of aromatic nitrogens is 3. The van der Waals surface area contributed by atoms with Gasteiger partial charge >= 0.3 is 0 Å². The average Bonchev–Trinajstić information content (AvgIpc) is 2.76. The third-order valence-electron chi connectivity index (χ3n) is 3.54. The first-order valence-electron chi connectivity index (χ1n) is 8.07. The second kappa shape index (κ2) is 7.55. The molecule has 2 aromatic rings. The van der Waals surface area contributed by atoms with Crippen molar-refractivity contribution < 1.29 is 9.53 Å². The summed E-state index contributed by atoms with van der Waals surface area (Å²) < 4.78 is 7.24. The zero-order valence-corrected chi connectivity index (χ0v) is 14.6. The van der Waals surface area contributed by atoms with E-state index in [0.29, 0.717) is 24.6 Å². The van der Waals surface area contributed by atoms with E-state index in [0.717, 1.165) is 35.4 Å². The number of rotatable bonds is 7. The number of aryl methyl sites for hydroxylation is 3. The van der Waals surface area contributed by atoms with Crippen molar-refractivity contribution >= 4 is 16.9 Å². The molecule has 6 heteroatoms. The Morgan fingerprint density at radius 3 is 2.83 bits per heavy atom. The Labute approximate surface area is 137 Å². The van der Waals surface area contributed by atoms with E-state index in [9.17, 15) is 4.79 Å². The van der Waals surface area contributed by atoms with Crippen LogP contribution in [0, 0.1) is 19.8 Å². The maximum Gasteiger partial charge on any atom is 0.252 e. The van der Waals surface area contributed by atoms with E-state index in [1.165, 1.54) is 0 Å². The molecule has 23 heavy (non-hydrogen) atoms. The topological polar surface area (TPSA) is 69.0 Å². The van der Waals surface area contributed by atoms with Crippen LogP contribution in [0.4, 0.5) is 0 Å². The van der Waals surface area contributed by atoms with Crippen LogP contribution in [0.3, 0.4) is 0 Å². The molecule has 0 aliphatic heterocycles. The summed E-state index contributed by atoms with van der Waals surface area (Å²) >= 11 is 0. The summed E-state index contributed by atoms with van der Waals surface area (Å²) in [5.74, 6) is 0.451. The molecule has 0 aliphatic carbocycles. The summed E-state index contributed by atoms with van der Waals surface area (Å²) in [7, 11) is 1.84. The minimum absolute atomic E-state index is 0.0829. The van der Waals surface area contributed by atoms with Crippen LogP contribution >= 0.6 is 0 Å². The molecule has 2 heterocycles. The zero-order chi connectivity index (χ0) is 17.0. The van der Waals surface area contributed by atoms with Crippen molar-refractivity contribution in [2.45, 2.75) is 34.1 Å². The van der Waals surface area contributed by atoms with Gasteiger partial charge in [-0.05, 0) is 32.3 Å². The van der Waals surface area contributed by atoms with Gasteiger partial charge in [-0.15, -0.1) is 0 Å². The fraction of sp³-hybridized carbons (Fsp3) is 0.588. The summed E-state index contributed by atoms with van der Waals surface area (Å²) in [6.07, 6.45) is 0.803. The highest BCUT2D eigenvalue weighted by Crippen LogP contribution is 2.21. The average molecular weight is 318 g/mol. The first kappa shape index (κ1) is 17.4. The second-order valence-corrected chi connectivity index (χ2v) is 6.30. The standard InChI is InChI=1S/C17H26N4O2/c1-11(2)10-23-8-6-7-18-17(22)14-9-12(3)19-16-15(14)13(4)20-21(16)5/h9,11H,6-8,10H2,1-5H3,(H,18,22). The molecular formula is C17H26N4O2. The highest BCUT2D eigenvalue weighted by atomic mass is 16.5. The first-order valence-corrected chi connectivity index (χ1v) is 8.07. The lowest BCUT2D eigenvalue weighted by atomic mass is 10.1. The number of nitrogens with one attached hydrogen (secondary N) is 1. The summed E-state index contributed by atoms with van der Waals surface area (Å²) in [5, 5.41) is 8.15. The van der Waals surface area contributed by atoms with Gasteiger partial charge in [-0.3, -0.25) is 9.48 Å². The Bertz CT molecular complexity index is 691. The number of carbonyl (C=O) groups excluding carboxylic acids is 1. The van der Waals surface area contributed by atoms with Crippen molar-refractivity contribution in [2.24, 2.45) is 13.0 Å². The molecule has 0 atom stereocenters. The number of carbonyl (C=O) groups is 1. The molecule has 1 N–H and O–H groups in total. The van der Waals surface area contributed by atoms with Crippen molar-refractivity contribution in [2.75, 3.05) is 19.8 Å². The van der Waals surface area contributed by atoms with Gasteiger partial charge in [0.25, 0.3) is 5.91 Å². The van der Waals surface area contributed by atoms with Crippen molar-refractivity contribution in [1.29, 1.82) is 0 Å². The SMILES string of the molecule is Cc1cc(C(=O)NCCCOCC(C)C)c2c(C)nn(C)c2n1. The van der Waals surface area contributed by atoms with Crippen LogP contribution < -0.4 is 5.32 Å². The minimum Gasteiger partial charge on any atom is -0.381 e. The number of pyridine rings is 1. The van der Waals surface area contributed by atoms with Crippen LogP contribution in [-0.4, -0.2) is 40.4 Å². The van der Waals surface area contributed by atoms with E-state index in [1.807, 2.05) is 27.0 Å². The summed E-state index contributed by atoms with van der Waals surface area (Å²) in [6, 6.07) is 1.82. The Balaban J connectivity index is 2.01. The van der Waals surface area contributed by atoms with Crippen LogP contribution in [-0.2, 0) is 11.8 Å². The number of hydrogen-bond donors (Lipinski definition) is 1. The van der Waals surface area contributed by atoms with Crippen molar-refractivity contribution in [3.8, 4) is 0 Å². The van der Waals surface area contributed by atoms with Gasteiger partial charge in [0.1, 0.15) is 0 Å². The highest BCUT2D eigenvalue weighted by Gasteiger charge is 2.17. The highest BCUT2D eigenvalue weighted by molar-refractivity contribution is 6.06. The van der Waals surface area contributed by atoms with Crippen LogP contribution in [0.5, 0.6) is 0 Å². The van der Waals surface area contributed by atoms with E-state index >= 15 is 0 Å². The molecule has 0 spiro atoms. The van der Waals surface area contributed by atoms with Gasteiger partial charge in [-0.1, -0.05) is 13.8 Å². The molecule has 0 unspecified atom stereocenters. The van der Waals surface area contributed by atoms with Crippen LogP contribution in [0.25, 0.3) is 11.0 Å². The number of amides is 1. The lowest BCUT2D eigenvalue weighted by Crippen LogP contribution is -2.26. The predicted octanol–water partition coefficient (Wildman–Crippen LogP) is 2.38. The van der Waals surface area contributed by atoms with Crippen molar-refractivity contribution in [1.82, 2.24) is 20.1 Å². The van der Waals surface area contributed by atoms with Gasteiger partial charge in [0, 0.05) is 32.5 Å². The molecule has 1 amide bonds. The molecule has 2 rings (SSSR count). The number of hydrogen-bond acceptors (Lipinski definition) is 4. The van der Waals surface area contributed by atoms with Crippen LogP contribution in [0.1, 0.15) is 42.0 Å². The summed E-state index contributed by atoms with van der Waals surface area (Å²) in [4.78, 5) is 17.0. The molecule has 0 radical (unpaired) electrons. The van der Waals surface area contributed by atoms with E-state index in [4.69, 9.17) is 4.74 Å². The fourth-order valence-electron chi connectivity index (χ4n) is 2.54. The van der Waals surface area contributed by atoms with Gasteiger partial charge < -0.3 is 10.1 Å². The molecule has 0 saturated carbocycles. The van der Waals surface area contributed by atoms with Gasteiger partial charge in [0.05, 0.1) is 16.6 Å². The first-order chi connectivity index (χ1) is 10.9. The third-order valence-corrected chi connectivity index (χ3v) is 3.54. The molecule has 0 saturated heterocycles. The largest absolute Gasteiger partial charge is 0.381 e. The number of nitrogens with zero attached hydrogens (tertiary/aromatic N) is 3. The van der Waals surface area contributed by atoms with E-state index in [-0.39, 0.29) is 5.91 Å². The predicted molar refractivity (Wildman–Crippen MR) is 90.6 cm³/mol. The molecule has 6 nitrogen and oxygen atoms in total. The van der Waals surface area contributed by atoms with E-state index in [1.54, 1.807) is 4.68 Å².